The lowest BCUT2D eigenvalue weighted by Crippen LogP contribution is -2.47. The number of hydrogen-bond acceptors (Lipinski definition) is 6. The van der Waals surface area contributed by atoms with Crippen LogP contribution in [0.3, 0.4) is 0 Å². The monoisotopic (exact) mass is 339 g/mol. The molecule has 4 heterocycles. The van der Waals surface area contributed by atoms with Gasteiger partial charge in [0.1, 0.15) is 0 Å². The minimum Gasteiger partial charge on any atom is -0.374 e. The number of carbonyl (C=O) groups excluding carboxylic acids is 1. The van der Waals surface area contributed by atoms with E-state index in [2.05, 4.69) is 25.4 Å². The number of pyridine rings is 1. The second-order valence-electron chi connectivity index (χ2n) is 6.55. The van der Waals surface area contributed by atoms with E-state index in [0.717, 1.165) is 31.0 Å². The Balaban J connectivity index is 1.54. The molecular formula is C18H21N5O2. The Labute approximate surface area is 146 Å². The first-order chi connectivity index (χ1) is 12.2. The SMILES string of the molecule is Cc1ccc(N2C[C@@H](NC(=O)c3cccnc3)[C@H]3OCCC[C@H]32)nn1. The van der Waals surface area contributed by atoms with Gasteiger partial charge >= 0.3 is 0 Å². The molecule has 0 bridgehead atoms. The lowest BCUT2D eigenvalue weighted by Gasteiger charge is -2.32. The van der Waals surface area contributed by atoms with Crippen LogP contribution in [0.5, 0.6) is 0 Å². The normalized spacial score (nSPS) is 25.5. The smallest absolute Gasteiger partial charge is 0.253 e. The zero-order chi connectivity index (χ0) is 17.2. The zero-order valence-electron chi connectivity index (χ0n) is 14.1. The van der Waals surface area contributed by atoms with E-state index in [0.29, 0.717) is 12.1 Å². The van der Waals surface area contributed by atoms with Gasteiger partial charge in [-0.25, -0.2) is 0 Å². The van der Waals surface area contributed by atoms with Crippen LogP contribution < -0.4 is 10.2 Å². The van der Waals surface area contributed by atoms with Gasteiger partial charge < -0.3 is 15.0 Å². The quantitative estimate of drug-likeness (QED) is 0.909. The van der Waals surface area contributed by atoms with E-state index in [4.69, 9.17) is 4.74 Å². The number of nitrogens with zero attached hydrogens (tertiary/aromatic N) is 4. The maximum atomic E-state index is 12.5. The summed E-state index contributed by atoms with van der Waals surface area (Å²) in [7, 11) is 0. The van der Waals surface area contributed by atoms with Gasteiger partial charge in [0.15, 0.2) is 5.82 Å². The van der Waals surface area contributed by atoms with Crippen LogP contribution in [0.15, 0.2) is 36.7 Å². The third-order valence-corrected chi connectivity index (χ3v) is 4.84. The van der Waals surface area contributed by atoms with Crippen LogP contribution in [0.1, 0.15) is 28.9 Å². The Kier molecular flexibility index (Phi) is 4.31. The number of fused-ring (bicyclic) bond motifs is 1. The van der Waals surface area contributed by atoms with Gasteiger partial charge in [-0.05, 0) is 44.0 Å². The Morgan fingerprint density at radius 2 is 2.24 bits per heavy atom. The van der Waals surface area contributed by atoms with E-state index < -0.39 is 0 Å². The Hall–Kier alpha value is -2.54. The Morgan fingerprint density at radius 3 is 3.00 bits per heavy atom. The predicted octanol–water partition coefficient (Wildman–Crippen LogP) is 1.35. The second-order valence-corrected chi connectivity index (χ2v) is 6.55. The summed E-state index contributed by atoms with van der Waals surface area (Å²) in [6, 6.07) is 7.60. The van der Waals surface area contributed by atoms with Crippen molar-refractivity contribution in [3.8, 4) is 0 Å². The number of aryl methyl sites for hydroxylation is 1. The van der Waals surface area contributed by atoms with Crippen molar-refractivity contribution in [1.82, 2.24) is 20.5 Å². The molecule has 4 rings (SSSR count). The fraction of sp³-hybridized carbons (Fsp3) is 0.444. The van der Waals surface area contributed by atoms with Crippen molar-refractivity contribution < 1.29 is 9.53 Å². The van der Waals surface area contributed by atoms with Crippen LogP contribution >= 0.6 is 0 Å². The Morgan fingerprint density at radius 1 is 1.32 bits per heavy atom. The lowest BCUT2D eigenvalue weighted by atomic mass is 10.0. The number of hydrogen-bond donors (Lipinski definition) is 1. The highest BCUT2D eigenvalue weighted by atomic mass is 16.5. The number of anilines is 1. The second kappa shape index (κ2) is 6.76. The molecule has 2 aliphatic heterocycles. The van der Waals surface area contributed by atoms with Crippen molar-refractivity contribution in [3.63, 3.8) is 0 Å². The lowest BCUT2D eigenvalue weighted by molar-refractivity contribution is 0.000679. The van der Waals surface area contributed by atoms with E-state index in [9.17, 15) is 4.79 Å². The molecule has 2 aromatic heterocycles. The van der Waals surface area contributed by atoms with Crippen molar-refractivity contribution >= 4 is 11.7 Å². The average Bonchev–Trinajstić information content (AvgIpc) is 3.02. The van der Waals surface area contributed by atoms with E-state index >= 15 is 0 Å². The summed E-state index contributed by atoms with van der Waals surface area (Å²) >= 11 is 0. The fourth-order valence-electron chi connectivity index (χ4n) is 3.64. The fourth-order valence-corrected chi connectivity index (χ4v) is 3.64. The van der Waals surface area contributed by atoms with Gasteiger partial charge in [0.25, 0.3) is 5.91 Å². The van der Waals surface area contributed by atoms with Crippen LogP contribution in [0.2, 0.25) is 0 Å². The van der Waals surface area contributed by atoms with Crippen molar-refractivity contribution in [1.29, 1.82) is 0 Å². The Bertz CT molecular complexity index is 737. The molecule has 2 fully saturated rings. The summed E-state index contributed by atoms with van der Waals surface area (Å²) in [6.45, 7) is 3.32. The molecule has 2 saturated heterocycles. The standard InChI is InChI=1S/C18H21N5O2/c1-12-6-7-16(22-21-12)23-11-14(17-15(23)5-3-9-25-17)20-18(24)13-4-2-8-19-10-13/h2,4,6-8,10,14-15,17H,3,5,9,11H2,1H3,(H,20,24)/t14-,15-,17-/m1/s1. The molecule has 2 aliphatic rings. The predicted molar refractivity (Wildman–Crippen MR) is 92.4 cm³/mol. The molecule has 7 heteroatoms. The molecule has 1 amide bonds. The first-order valence-corrected chi connectivity index (χ1v) is 8.62. The van der Waals surface area contributed by atoms with Gasteiger partial charge in [0, 0.05) is 25.5 Å². The molecule has 0 saturated carbocycles. The number of nitrogens with one attached hydrogen (secondary N) is 1. The molecule has 0 aliphatic carbocycles. The summed E-state index contributed by atoms with van der Waals surface area (Å²) in [5.74, 6) is 0.715. The minimum absolute atomic E-state index is 0.0301. The van der Waals surface area contributed by atoms with Crippen LogP contribution in [-0.4, -0.2) is 52.4 Å². The minimum atomic E-state index is -0.122. The summed E-state index contributed by atoms with van der Waals surface area (Å²) in [5.41, 5.74) is 1.45. The summed E-state index contributed by atoms with van der Waals surface area (Å²) in [6.07, 6.45) is 5.24. The number of carbonyl (C=O) groups is 1. The van der Waals surface area contributed by atoms with Crippen LogP contribution in [-0.2, 0) is 4.74 Å². The molecule has 0 aromatic carbocycles. The van der Waals surface area contributed by atoms with Crippen molar-refractivity contribution in [2.45, 2.75) is 38.0 Å². The van der Waals surface area contributed by atoms with Crippen LogP contribution in [0.4, 0.5) is 5.82 Å². The van der Waals surface area contributed by atoms with Crippen LogP contribution in [0.25, 0.3) is 0 Å². The highest BCUT2D eigenvalue weighted by Gasteiger charge is 2.45. The van der Waals surface area contributed by atoms with Crippen molar-refractivity contribution in [3.05, 3.63) is 47.9 Å². The number of ether oxygens (including phenoxy) is 1. The largest absolute Gasteiger partial charge is 0.374 e. The highest BCUT2D eigenvalue weighted by Crippen LogP contribution is 2.32. The maximum Gasteiger partial charge on any atom is 0.253 e. The molecule has 0 spiro atoms. The van der Waals surface area contributed by atoms with Crippen molar-refractivity contribution in [2.24, 2.45) is 0 Å². The first kappa shape index (κ1) is 16.0. The summed E-state index contributed by atoms with van der Waals surface area (Å²) in [4.78, 5) is 18.7. The third kappa shape index (κ3) is 3.19. The number of rotatable bonds is 3. The number of amides is 1. The van der Waals surface area contributed by atoms with E-state index in [1.54, 1.807) is 24.5 Å². The summed E-state index contributed by atoms with van der Waals surface area (Å²) < 4.78 is 6.01. The number of aromatic nitrogens is 3. The topological polar surface area (TPSA) is 80.2 Å². The summed E-state index contributed by atoms with van der Waals surface area (Å²) in [5, 5.41) is 11.6. The molecule has 7 nitrogen and oxygen atoms in total. The molecule has 0 unspecified atom stereocenters. The molecule has 25 heavy (non-hydrogen) atoms. The maximum absolute atomic E-state index is 12.5. The molecule has 0 radical (unpaired) electrons. The van der Waals surface area contributed by atoms with Gasteiger partial charge in [-0.2, -0.15) is 5.10 Å². The van der Waals surface area contributed by atoms with E-state index in [1.807, 2.05) is 19.1 Å². The van der Waals surface area contributed by atoms with Gasteiger partial charge in [-0.1, -0.05) is 0 Å². The molecule has 130 valence electrons. The zero-order valence-corrected chi connectivity index (χ0v) is 14.1. The van der Waals surface area contributed by atoms with Gasteiger partial charge in [-0.3, -0.25) is 9.78 Å². The van der Waals surface area contributed by atoms with E-state index in [1.165, 1.54) is 0 Å². The average molecular weight is 339 g/mol. The van der Waals surface area contributed by atoms with E-state index in [-0.39, 0.29) is 24.1 Å². The van der Waals surface area contributed by atoms with Gasteiger partial charge in [0.05, 0.1) is 29.4 Å². The molecule has 3 atom stereocenters. The molecular weight excluding hydrogens is 318 g/mol. The third-order valence-electron chi connectivity index (χ3n) is 4.84. The van der Waals surface area contributed by atoms with Gasteiger partial charge in [-0.15, -0.1) is 5.10 Å². The molecule has 2 aromatic rings. The molecule has 1 N–H and O–H groups in total. The van der Waals surface area contributed by atoms with Crippen LogP contribution in [0, 0.1) is 6.92 Å². The van der Waals surface area contributed by atoms with Crippen molar-refractivity contribution in [2.75, 3.05) is 18.1 Å². The first-order valence-electron chi connectivity index (χ1n) is 8.62. The van der Waals surface area contributed by atoms with Gasteiger partial charge in [0.2, 0.25) is 0 Å². The highest BCUT2D eigenvalue weighted by molar-refractivity contribution is 5.94.